The SMILES string of the molecule is CCCc1ccc(O)c(C2CC(c3ccccc3C(F)(F)F)=NN2)c1. The molecule has 6 heteroatoms. The van der Waals surface area contributed by atoms with Crippen molar-refractivity contribution < 1.29 is 18.3 Å². The van der Waals surface area contributed by atoms with Gasteiger partial charge in [0.2, 0.25) is 0 Å². The molecule has 0 aromatic heterocycles. The maximum Gasteiger partial charge on any atom is 0.417 e. The van der Waals surface area contributed by atoms with Crippen LogP contribution in [0.25, 0.3) is 0 Å². The number of alkyl halides is 3. The van der Waals surface area contributed by atoms with E-state index in [9.17, 15) is 18.3 Å². The van der Waals surface area contributed by atoms with Gasteiger partial charge in [0.05, 0.1) is 17.3 Å². The Bertz CT molecular complexity index is 799. The van der Waals surface area contributed by atoms with Crippen LogP contribution in [0.3, 0.4) is 0 Å². The highest BCUT2D eigenvalue weighted by Gasteiger charge is 2.35. The lowest BCUT2D eigenvalue weighted by Gasteiger charge is -2.15. The number of aryl methyl sites for hydroxylation is 1. The van der Waals surface area contributed by atoms with Crippen LogP contribution in [0.2, 0.25) is 0 Å². The molecule has 1 atom stereocenters. The number of nitrogens with one attached hydrogen (secondary N) is 1. The maximum atomic E-state index is 13.2. The molecule has 3 nitrogen and oxygen atoms in total. The second kappa shape index (κ2) is 6.78. The van der Waals surface area contributed by atoms with Gasteiger partial charge in [0.1, 0.15) is 5.75 Å². The number of phenols is 1. The average molecular weight is 348 g/mol. The van der Waals surface area contributed by atoms with Gasteiger partial charge in [-0.15, -0.1) is 0 Å². The zero-order valence-corrected chi connectivity index (χ0v) is 13.8. The van der Waals surface area contributed by atoms with Crippen LogP contribution in [0.1, 0.15) is 48.1 Å². The minimum atomic E-state index is -4.43. The van der Waals surface area contributed by atoms with E-state index in [1.54, 1.807) is 12.1 Å². The molecular formula is C19H19F3N2O. The molecule has 1 unspecified atom stereocenters. The lowest BCUT2D eigenvalue weighted by Crippen LogP contribution is -2.13. The Balaban J connectivity index is 1.87. The maximum absolute atomic E-state index is 13.2. The molecule has 25 heavy (non-hydrogen) atoms. The van der Waals surface area contributed by atoms with Gasteiger partial charge in [-0.3, -0.25) is 0 Å². The van der Waals surface area contributed by atoms with E-state index in [0.717, 1.165) is 24.5 Å². The topological polar surface area (TPSA) is 44.6 Å². The molecule has 0 saturated heterocycles. The lowest BCUT2D eigenvalue weighted by atomic mass is 9.94. The fraction of sp³-hybridized carbons (Fsp3) is 0.316. The van der Waals surface area contributed by atoms with Gasteiger partial charge >= 0.3 is 6.18 Å². The van der Waals surface area contributed by atoms with Gasteiger partial charge in [0, 0.05) is 17.5 Å². The molecule has 0 spiro atoms. The fourth-order valence-electron chi connectivity index (χ4n) is 3.10. The minimum Gasteiger partial charge on any atom is -0.508 e. The summed E-state index contributed by atoms with van der Waals surface area (Å²) in [5.74, 6) is 0.123. The summed E-state index contributed by atoms with van der Waals surface area (Å²) in [5.41, 5.74) is 4.35. The number of aromatic hydroxyl groups is 1. The van der Waals surface area contributed by atoms with Gasteiger partial charge < -0.3 is 10.5 Å². The molecule has 0 bridgehead atoms. The highest BCUT2D eigenvalue weighted by atomic mass is 19.4. The highest BCUT2D eigenvalue weighted by Crippen LogP contribution is 2.36. The molecule has 2 N–H and O–H groups in total. The number of hydrogen-bond acceptors (Lipinski definition) is 3. The quantitative estimate of drug-likeness (QED) is 0.833. The van der Waals surface area contributed by atoms with Gasteiger partial charge in [0.25, 0.3) is 0 Å². The third kappa shape index (κ3) is 3.62. The first kappa shape index (κ1) is 17.3. The smallest absolute Gasteiger partial charge is 0.417 e. The van der Waals surface area contributed by atoms with Crippen molar-refractivity contribution >= 4 is 5.71 Å². The summed E-state index contributed by atoms with van der Waals surface area (Å²) in [5, 5.41) is 14.2. The van der Waals surface area contributed by atoms with Crippen LogP contribution in [0, 0.1) is 0 Å². The molecule has 0 radical (unpaired) electrons. The van der Waals surface area contributed by atoms with Crippen molar-refractivity contribution in [2.75, 3.05) is 0 Å². The van der Waals surface area contributed by atoms with Crippen molar-refractivity contribution in [1.82, 2.24) is 5.43 Å². The molecule has 0 amide bonds. The van der Waals surface area contributed by atoms with Crippen molar-refractivity contribution in [3.8, 4) is 5.75 Å². The number of rotatable bonds is 4. The van der Waals surface area contributed by atoms with E-state index in [1.807, 2.05) is 12.1 Å². The molecule has 0 saturated carbocycles. The van der Waals surface area contributed by atoms with Crippen LogP contribution in [-0.2, 0) is 12.6 Å². The van der Waals surface area contributed by atoms with E-state index in [4.69, 9.17) is 0 Å². The van der Waals surface area contributed by atoms with E-state index in [-0.39, 0.29) is 23.8 Å². The van der Waals surface area contributed by atoms with Gasteiger partial charge in [-0.25, -0.2) is 0 Å². The molecule has 0 aliphatic carbocycles. The molecule has 1 heterocycles. The van der Waals surface area contributed by atoms with Crippen LogP contribution in [0.5, 0.6) is 5.75 Å². The standard InChI is InChI=1S/C19H19F3N2O/c1-2-5-12-8-9-18(25)14(10-12)17-11-16(23-24-17)13-6-3-4-7-15(13)19(20,21)22/h3-4,6-10,17,24-25H,2,5,11H2,1H3. The Kier molecular flexibility index (Phi) is 4.70. The van der Waals surface area contributed by atoms with Crippen molar-refractivity contribution in [1.29, 1.82) is 0 Å². The van der Waals surface area contributed by atoms with E-state index in [2.05, 4.69) is 17.5 Å². The number of phenolic OH excluding ortho intramolecular Hbond substituents is 1. The Labute approximate surface area is 144 Å². The Morgan fingerprint density at radius 3 is 2.68 bits per heavy atom. The molecule has 132 valence electrons. The number of hydrogen-bond donors (Lipinski definition) is 2. The summed E-state index contributed by atoms with van der Waals surface area (Å²) in [7, 11) is 0. The van der Waals surface area contributed by atoms with Crippen LogP contribution < -0.4 is 5.43 Å². The van der Waals surface area contributed by atoms with Gasteiger partial charge in [-0.2, -0.15) is 18.3 Å². The van der Waals surface area contributed by atoms with E-state index in [0.29, 0.717) is 11.3 Å². The predicted molar refractivity (Wildman–Crippen MR) is 90.6 cm³/mol. The van der Waals surface area contributed by atoms with E-state index < -0.39 is 11.7 Å². The van der Waals surface area contributed by atoms with E-state index >= 15 is 0 Å². The Morgan fingerprint density at radius 2 is 1.96 bits per heavy atom. The third-order valence-electron chi connectivity index (χ3n) is 4.30. The summed E-state index contributed by atoms with van der Waals surface area (Å²) < 4.78 is 39.6. The number of hydrazone groups is 1. The zero-order chi connectivity index (χ0) is 18.0. The summed E-state index contributed by atoms with van der Waals surface area (Å²) >= 11 is 0. The van der Waals surface area contributed by atoms with Gasteiger partial charge in [-0.05, 0) is 30.2 Å². The molecule has 1 aliphatic heterocycles. The number of halogens is 3. The molecule has 0 fully saturated rings. The van der Waals surface area contributed by atoms with Crippen LogP contribution >= 0.6 is 0 Å². The largest absolute Gasteiger partial charge is 0.508 e. The molecular weight excluding hydrogens is 329 g/mol. The molecule has 2 aromatic carbocycles. The number of benzene rings is 2. The molecule has 1 aliphatic rings. The van der Waals surface area contributed by atoms with E-state index in [1.165, 1.54) is 12.1 Å². The second-order valence-electron chi connectivity index (χ2n) is 6.13. The first-order valence-corrected chi connectivity index (χ1v) is 8.20. The summed E-state index contributed by atoms with van der Waals surface area (Å²) in [6.45, 7) is 2.07. The van der Waals surface area contributed by atoms with Crippen LogP contribution in [0.4, 0.5) is 13.2 Å². The average Bonchev–Trinajstić information content (AvgIpc) is 3.06. The van der Waals surface area contributed by atoms with Gasteiger partial charge in [-0.1, -0.05) is 37.6 Å². The van der Waals surface area contributed by atoms with Crippen molar-refractivity contribution in [2.45, 2.75) is 38.4 Å². The molecule has 3 rings (SSSR count). The van der Waals surface area contributed by atoms with Crippen molar-refractivity contribution in [3.05, 3.63) is 64.7 Å². The lowest BCUT2D eigenvalue weighted by molar-refractivity contribution is -0.137. The van der Waals surface area contributed by atoms with Gasteiger partial charge in [0.15, 0.2) is 0 Å². The summed E-state index contributed by atoms with van der Waals surface area (Å²) in [4.78, 5) is 0. The second-order valence-corrected chi connectivity index (χ2v) is 6.13. The van der Waals surface area contributed by atoms with Crippen molar-refractivity contribution in [2.24, 2.45) is 5.10 Å². The minimum absolute atomic E-state index is 0.0780. The zero-order valence-electron chi connectivity index (χ0n) is 13.8. The normalized spacial score (nSPS) is 17.3. The first-order valence-electron chi connectivity index (χ1n) is 8.20. The number of nitrogens with zero attached hydrogens (tertiary/aromatic N) is 1. The Hall–Kier alpha value is -2.50. The van der Waals surface area contributed by atoms with Crippen LogP contribution in [0.15, 0.2) is 47.6 Å². The third-order valence-corrected chi connectivity index (χ3v) is 4.30. The first-order chi connectivity index (χ1) is 11.9. The van der Waals surface area contributed by atoms with Crippen LogP contribution in [-0.4, -0.2) is 10.8 Å². The molecule has 2 aromatic rings. The fourth-order valence-corrected chi connectivity index (χ4v) is 3.10. The monoisotopic (exact) mass is 348 g/mol. The van der Waals surface area contributed by atoms with Crippen molar-refractivity contribution in [3.63, 3.8) is 0 Å². The summed E-state index contributed by atoms with van der Waals surface area (Å²) in [6.07, 6.45) is -2.29. The Morgan fingerprint density at radius 1 is 1.20 bits per heavy atom. The summed E-state index contributed by atoms with van der Waals surface area (Å²) in [6, 6.07) is 10.5. The predicted octanol–water partition coefficient (Wildman–Crippen LogP) is 4.80. The highest BCUT2D eigenvalue weighted by molar-refractivity contribution is 6.03.